The summed E-state index contributed by atoms with van der Waals surface area (Å²) in [4.78, 5) is 0. The van der Waals surface area contributed by atoms with E-state index in [9.17, 15) is 0 Å². The Bertz CT molecular complexity index is 80.0. The van der Waals surface area contributed by atoms with Crippen LogP contribution in [-0.2, 0) is 0 Å². The molecule has 1 radical (unpaired) electrons. The van der Waals surface area contributed by atoms with Gasteiger partial charge in [0.1, 0.15) is 0 Å². The molecular weight excluding hydrogens is 108 g/mol. The summed E-state index contributed by atoms with van der Waals surface area (Å²) in [6, 6.07) is 0. The number of allylic oxidation sites excluding steroid dienone is 1. The van der Waals surface area contributed by atoms with Crippen molar-refractivity contribution in [1.82, 2.24) is 0 Å². The zero-order chi connectivity index (χ0) is 6.53. The van der Waals surface area contributed by atoms with E-state index < -0.39 is 0 Å². The van der Waals surface area contributed by atoms with Gasteiger partial charge >= 0.3 is 0 Å². The van der Waals surface area contributed by atoms with E-state index in [2.05, 4.69) is 0 Å². The van der Waals surface area contributed by atoms with Crippen molar-refractivity contribution in [3.05, 3.63) is 12.7 Å². The second-order valence-corrected chi connectivity index (χ2v) is 2.96. The molecule has 0 nitrogen and oxygen atoms in total. The molecule has 0 amide bonds. The molecule has 1 aliphatic carbocycles. The minimum absolute atomic E-state index is 1.10. The van der Waals surface area contributed by atoms with Crippen molar-refractivity contribution in [2.75, 3.05) is 0 Å². The molecular formula is C9H15. The van der Waals surface area contributed by atoms with E-state index in [0.717, 1.165) is 12.3 Å². The average Bonchev–Trinajstić information content (AvgIpc) is 2.63. The molecule has 1 aliphatic rings. The molecule has 0 heterocycles. The van der Waals surface area contributed by atoms with Gasteiger partial charge in [-0.25, -0.2) is 0 Å². The summed E-state index contributed by atoms with van der Waals surface area (Å²) < 4.78 is 0. The van der Waals surface area contributed by atoms with Gasteiger partial charge in [-0.1, -0.05) is 38.3 Å². The van der Waals surface area contributed by atoms with Gasteiger partial charge in [-0.2, -0.15) is 0 Å². The fourth-order valence-electron chi connectivity index (χ4n) is 1.10. The molecule has 0 unspecified atom stereocenters. The maximum Gasteiger partial charge on any atom is -0.0348 e. The Morgan fingerprint density at radius 3 is 2.67 bits per heavy atom. The van der Waals surface area contributed by atoms with Gasteiger partial charge in [0, 0.05) is 0 Å². The Kier molecular flexibility index (Phi) is 2.82. The van der Waals surface area contributed by atoms with Crippen LogP contribution in [-0.4, -0.2) is 0 Å². The van der Waals surface area contributed by atoms with Crippen molar-refractivity contribution in [2.24, 2.45) is 5.92 Å². The van der Waals surface area contributed by atoms with Crippen molar-refractivity contribution in [3.8, 4) is 0 Å². The van der Waals surface area contributed by atoms with Gasteiger partial charge in [-0.15, -0.1) is 0 Å². The van der Waals surface area contributed by atoms with Crippen LogP contribution in [0.1, 0.15) is 38.5 Å². The van der Waals surface area contributed by atoms with Crippen molar-refractivity contribution in [1.29, 1.82) is 0 Å². The van der Waals surface area contributed by atoms with Crippen LogP contribution in [0.5, 0.6) is 0 Å². The van der Waals surface area contributed by atoms with Gasteiger partial charge in [0.2, 0.25) is 0 Å². The first-order chi connectivity index (χ1) is 4.43. The van der Waals surface area contributed by atoms with Gasteiger partial charge in [0.15, 0.2) is 0 Å². The second-order valence-electron chi connectivity index (χ2n) is 2.96. The third-order valence-corrected chi connectivity index (χ3v) is 1.93. The summed E-state index contributed by atoms with van der Waals surface area (Å²) in [5.74, 6) is 1.10. The summed E-state index contributed by atoms with van der Waals surface area (Å²) in [7, 11) is 0. The number of unbranched alkanes of at least 4 members (excludes halogenated alkanes) is 2. The maximum atomic E-state index is 5.24. The molecule has 0 aromatic carbocycles. The lowest BCUT2D eigenvalue weighted by atomic mass is 10.1. The van der Waals surface area contributed by atoms with Gasteiger partial charge in [0.25, 0.3) is 0 Å². The van der Waals surface area contributed by atoms with E-state index in [1.807, 2.05) is 0 Å². The molecule has 1 rings (SSSR count). The second kappa shape index (κ2) is 3.71. The molecule has 0 aromatic rings. The largest absolute Gasteiger partial charge is 0.0845 e. The first-order valence-electron chi connectivity index (χ1n) is 3.97. The Morgan fingerprint density at radius 2 is 2.11 bits per heavy atom. The minimum atomic E-state index is 1.10. The van der Waals surface area contributed by atoms with Crippen LogP contribution in [0.3, 0.4) is 0 Å². The van der Waals surface area contributed by atoms with Crippen LogP contribution >= 0.6 is 0 Å². The summed E-state index contributed by atoms with van der Waals surface area (Å²) in [5.41, 5.74) is 0. The molecule has 51 valence electrons. The van der Waals surface area contributed by atoms with Crippen LogP contribution < -0.4 is 0 Å². The molecule has 0 spiro atoms. The summed E-state index contributed by atoms with van der Waals surface area (Å²) in [6.07, 6.45) is 10.00. The molecule has 0 aromatic heterocycles. The zero-order valence-electron chi connectivity index (χ0n) is 5.97. The molecule has 0 saturated heterocycles. The molecule has 0 heteroatoms. The first kappa shape index (κ1) is 6.85. The van der Waals surface area contributed by atoms with Crippen molar-refractivity contribution < 1.29 is 0 Å². The van der Waals surface area contributed by atoms with Crippen LogP contribution in [0.2, 0.25) is 0 Å². The van der Waals surface area contributed by atoms with Crippen LogP contribution in [0.4, 0.5) is 0 Å². The Morgan fingerprint density at radius 1 is 1.33 bits per heavy atom. The molecule has 1 fully saturated rings. The lowest BCUT2D eigenvalue weighted by molar-refractivity contribution is 0.634. The molecule has 0 atom stereocenters. The molecule has 0 N–H and O–H groups in total. The Labute approximate surface area is 58.0 Å². The highest BCUT2D eigenvalue weighted by Crippen LogP contribution is 2.33. The van der Waals surface area contributed by atoms with Crippen molar-refractivity contribution in [3.63, 3.8) is 0 Å². The summed E-state index contributed by atoms with van der Waals surface area (Å²) >= 11 is 0. The van der Waals surface area contributed by atoms with Crippen molar-refractivity contribution in [2.45, 2.75) is 38.5 Å². The van der Waals surface area contributed by atoms with E-state index >= 15 is 0 Å². The van der Waals surface area contributed by atoms with Gasteiger partial charge in [-0.05, 0) is 18.8 Å². The summed E-state index contributed by atoms with van der Waals surface area (Å²) in [5, 5.41) is 0. The predicted molar refractivity (Wildman–Crippen MR) is 40.1 cm³/mol. The van der Waals surface area contributed by atoms with Crippen LogP contribution in [0.25, 0.3) is 0 Å². The number of rotatable bonds is 5. The normalized spacial score (nSPS) is 17.8. The van der Waals surface area contributed by atoms with E-state index in [1.54, 1.807) is 6.08 Å². The van der Waals surface area contributed by atoms with Gasteiger partial charge in [0.05, 0.1) is 0 Å². The van der Waals surface area contributed by atoms with Gasteiger partial charge in [-0.3, -0.25) is 0 Å². The quantitative estimate of drug-likeness (QED) is 0.493. The molecule has 1 saturated carbocycles. The third-order valence-electron chi connectivity index (χ3n) is 1.93. The lowest BCUT2D eigenvalue weighted by Gasteiger charge is -1.93. The molecule has 0 aliphatic heterocycles. The van der Waals surface area contributed by atoms with Crippen molar-refractivity contribution >= 4 is 0 Å². The topological polar surface area (TPSA) is 0 Å². The highest BCUT2D eigenvalue weighted by molar-refractivity contribution is 4.73. The fraction of sp³-hybridized carbons (Fsp3) is 0.778. The smallest absolute Gasteiger partial charge is 0.0348 e. The van der Waals surface area contributed by atoms with Gasteiger partial charge < -0.3 is 0 Å². The number of hydrogen-bond donors (Lipinski definition) is 0. The lowest BCUT2D eigenvalue weighted by Crippen LogP contribution is -1.76. The highest BCUT2D eigenvalue weighted by Gasteiger charge is 2.19. The molecule has 0 bridgehead atoms. The highest BCUT2D eigenvalue weighted by atomic mass is 14.2. The number of hydrogen-bond acceptors (Lipinski definition) is 0. The summed E-state index contributed by atoms with van der Waals surface area (Å²) in [6.45, 7) is 5.24. The monoisotopic (exact) mass is 123 g/mol. The van der Waals surface area contributed by atoms with Crippen LogP contribution in [0, 0.1) is 12.5 Å². The third kappa shape index (κ3) is 3.34. The standard InChI is InChI=1S/C9H15/c1-2-3-4-5-6-9-7-8-9/h1-2,9H,3-8H2. The zero-order valence-corrected chi connectivity index (χ0v) is 5.97. The maximum absolute atomic E-state index is 5.24. The van der Waals surface area contributed by atoms with Crippen LogP contribution in [0.15, 0.2) is 6.08 Å². The fourth-order valence-corrected chi connectivity index (χ4v) is 1.10. The van der Waals surface area contributed by atoms with E-state index in [-0.39, 0.29) is 0 Å². The predicted octanol–water partition coefficient (Wildman–Crippen LogP) is 2.95. The average molecular weight is 123 g/mol. The minimum Gasteiger partial charge on any atom is -0.0845 e. The molecule has 9 heavy (non-hydrogen) atoms. The van der Waals surface area contributed by atoms with E-state index in [1.165, 1.54) is 32.1 Å². The first-order valence-corrected chi connectivity index (χ1v) is 3.97. The van der Waals surface area contributed by atoms with E-state index in [4.69, 9.17) is 6.58 Å². The Balaban J connectivity index is 1.75. The SMILES string of the molecule is [CH]=CCCCCC1CC1. The Hall–Kier alpha value is -0.260. The van der Waals surface area contributed by atoms with E-state index in [0.29, 0.717) is 0 Å².